The molecule has 1 aliphatic heterocycles. The zero-order valence-corrected chi connectivity index (χ0v) is 11.1. The van der Waals surface area contributed by atoms with Crippen LogP contribution in [-0.2, 0) is 11.3 Å². The summed E-state index contributed by atoms with van der Waals surface area (Å²) in [4.78, 5) is 16.3. The Bertz CT molecular complexity index is 662. The highest BCUT2D eigenvalue weighted by Crippen LogP contribution is 2.16. The SMILES string of the molecule is O=c1cc(CNCC2(O)CCOC2)nc2ccccn12. The molecule has 20 heavy (non-hydrogen) atoms. The summed E-state index contributed by atoms with van der Waals surface area (Å²) in [6.07, 6.45) is 2.33. The predicted octanol–water partition coefficient (Wildman–Crippen LogP) is -0.0645. The van der Waals surface area contributed by atoms with Crippen molar-refractivity contribution in [2.75, 3.05) is 19.8 Å². The van der Waals surface area contributed by atoms with E-state index in [-0.39, 0.29) is 5.56 Å². The molecule has 1 unspecified atom stereocenters. The molecule has 0 radical (unpaired) electrons. The van der Waals surface area contributed by atoms with Gasteiger partial charge in [0.05, 0.1) is 12.3 Å². The number of nitrogens with one attached hydrogen (secondary N) is 1. The van der Waals surface area contributed by atoms with Gasteiger partial charge in [-0.25, -0.2) is 4.98 Å². The van der Waals surface area contributed by atoms with E-state index in [1.807, 2.05) is 6.07 Å². The van der Waals surface area contributed by atoms with Gasteiger partial charge < -0.3 is 15.2 Å². The third kappa shape index (κ3) is 2.72. The minimum absolute atomic E-state index is 0.102. The van der Waals surface area contributed by atoms with E-state index < -0.39 is 5.60 Å². The van der Waals surface area contributed by atoms with E-state index in [1.165, 1.54) is 10.5 Å². The molecule has 6 heteroatoms. The maximum atomic E-state index is 11.9. The van der Waals surface area contributed by atoms with E-state index >= 15 is 0 Å². The van der Waals surface area contributed by atoms with Gasteiger partial charge in [0.1, 0.15) is 11.2 Å². The normalized spacial score (nSPS) is 22.4. The van der Waals surface area contributed by atoms with E-state index in [0.29, 0.717) is 44.1 Å². The molecule has 0 spiro atoms. The van der Waals surface area contributed by atoms with Gasteiger partial charge in [-0.2, -0.15) is 0 Å². The molecule has 2 N–H and O–H groups in total. The lowest BCUT2D eigenvalue weighted by atomic mass is 10.0. The molecule has 0 aromatic carbocycles. The van der Waals surface area contributed by atoms with E-state index in [4.69, 9.17) is 4.74 Å². The van der Waals surface area contributed by atoms with Gasteiger partial charge >= 0.3 is 0 Å². The van der Waals surface area contributed by atoms with Crippen LogP contribution >= 0.6 is 0 Å². The van der Waals surface area contributed by atoms with Gasteiger partial charge in [0.15, 0.2) is 0 Å². The van der Waals surface area contributed by atoms with Crippen LogP contribution in [0.4, 0.5) is 0 Å². The number of hydrogen-bond acceptors (Lipinski definition) is 5. The first kappa shape index (κ1) is 13.2. The van der Waals surface area contributed by atoms with Gasteiger partial charge in [0.2, 0.25) is 0 Å². The molecular weight excluding hydrogens is 258 g/mol. The highest BCUT2D eigenvalue weighted by Gasteiger charge is 2.31. The number of nitrogens with zero attached hydrogens (tertiary/aromatic N) is 2. The molecule has 106 valence electrons. The van der Waals surface area contributed by atoms with Crippen LogP contribution in [0.25, 0.3) is 5.65 Å². The summed E-state index contributed by atoms with van der Waals surface area (Å²) in [6, 6.07) is 6.94. The Kier molecular flexibility index (Phi) is 3.52. The molecule has 1 fully saturated rings. The summed E-state index contributed by atoms with van der Waals surface area (Å²) >= 11 is 0. The Balaban J connectivity index is 1.70. The maximum Gasteiger partial charge on any atom is 0.258 e. The summed E-state index contributed by atoms with van der Waals surface area (Å²) in [5.41, 5.74) is 0.394. The van der Waals surface area contributed by atoms with Crippen LogP contribution in [0.5, 0.6) is 0 Å². The van der Waals surface area contributed by atoms with Gasteiger partial charge in [-0.1, -0.05) is 6.07 Å². The molecule has 1 saturated heterocycles. The van der Waals surface area contributed by atoms with Crippen molar-refractivity contribution < 1.29 is 9.84 Å². The minimum Gasteiger partial charge on any atom is -0.386 e. The minimum atomic E-state index is -0.800. The van der Waals surface area contributed by atoms with Crippen molar-refractivity contribution in [3.8, 4) is 0 Å². The molecule has 3 rings (SSSR count). The Labute approximate surface area is 116 Å². The predicted molar refractivity (Wildman–Crippen MR) is 73.6 cm³/mol. The first-order valence-electron chi connectivity index (χ1n) is 6.65. The second-order valence-corrected chi connectivity index (χ2v) is 5.15. The number of pyridine rings is 1. The lowest BCUT2D eigenvalue weighted by Gasteiger charge is -2.20. The first-order valence-corrected chi connectivity index (χ1v) is 6.65. The van der Waals surface area contributed by atoms with Crippen LogP contribution in [0.15, 0.2) is 35.3 Å². The van der Waals surface area contributed by atoms with Crippen LogP contribution in [0, 0.1) is 0 Å². The van der Waals surface area contributed by atoms with Crippen molar-refractivity contribution in [1.29, 1.82) is 0 Å². The summed E-state index contributed by atoms with van der Waals surface area (Å²) in [7, 11) is 0. The monoisotopic (exact) mass is 275 g/mol. The van der Waals surface area contributed by atoms with E-state index in [0.717, 1.165) is 0 Å². The summed E-state index contributed by atoms with van der Waals surface area (Å²) in [6.45, 7) is 1.83. The Morgan fingerprint density at radius 1 is 1.50 bits per heavy atom. The number of aromatic nitrogens is 2. The van der Waals surface area contributed by atoms with Crippen molar-refractivity contribution in [2.24, 2.45) is 0 Å². The van der Waals surface area contributed by atoms with Gasteiger partial charge in [-0.05, 0) is 12.1 Å². The zero-order valence-electron chi connectivity index (χ0n) is 11.1. The molecule has 6 nitrogen and oxygen atoms in total. The first-order chi connectivity index (χ1) is 9.66. The van der Waals surface area contributed by atoms with Gasteiger partial charge in [-0.3, -0.25) is 9.20 Å². The molecule has 1 atom stereocenters. The van der Waals surface area contributed by atoms with Crippen LogP contribution in [0.1, 0.15) is 12.1 Å². The standard InChI is InChI=1S/C14H17N3O3/c18-13-7-11(16-12-3-1-2-5-17(12)13)8-15-9-14(19)4-6-20-10-14/h1-3,5,7,15,19H,4,6,8-10H2. The number of fused-ring (bicyclic) bond motifs is 1. The smallest absolute Gasteiger partial charge is 0.258 e. The van der Waals surface area contributed by atoms with Crippen molar-refractivity contribution in [3.63, 3.8) is 0 Å². The lowest BCUT2D eigenvalue weighted by molar-refractivity contribution is 0.0268. The van der Waals surface area contributed by atoms with Crippen LogP contribution < -0.4 is 10.9 Å². The topological polar surface area (TPSA) is 75.9 Å². The maximum absolute atomic E-state index is 11.9. The number of rotatable bonds is 4. The van der Waals surface area contributed by atoms with Crippen molar-refractivity contribution in [1.82, 2.24) is 14.7 Å². The molecule has 2 aromatic heterocycles. The number of aliphatic hydroxyl groups is 1. The van der Waals surface area contributed by atoms with Gasteiger partial charge in [0, 0.05) is 38.4 Å². The van der Waals surface area contributed by atoms with Crippen LogP contribution in [-0.4, -0.2) is 39.9 Å². The van der Waals surface area contributed by atoms with Gasteiger partial charge in [-0.15, -0.1) is 0 Å². The fraction of sp³-hybridized carbons (Fsp3) is 0.429. The van der Waals surface area contributed by atoms with Crippen molar-refractivity contribution in [3.05, 3.63) is 46.5 Å². The molecule has 0 bridgehead atoms. The largest absolute Gasteiger partial charge is 0.386 e. The van der Waals surface area contributed by atoms with E-state index in [2.05, 4.69) is 10.3 Å². The summed E-state index contributed by atoms with van der Waals surface area (Å²) in [5, 5.41) is 13.3. The Hall–Kier alpha value is -1.76. The van der Waals surface area contributed by atoms with Crippen molar-refractivity contribution >= 4 is 5.65 Å². The third-order valence-corrected chi connectivity index (χ3v) is 3.47. The average molecular weight is 275 g/mol. The Morgan fingerprint density at radius 3 is 3.20 bits per heavy atom. The van der Waals surface area contributed by atoms with Crippen LogP contribution in [0.3, 0.4) is 0 Å². The van der Waals surface area contributed by atoms with E-state index in [1.54, 1.807) is 18.3 Å². The van der Waals surface area contributed by atoms with Crippen molar-refractivity contribution in [2.45, 2.75) is 18.6 Å². The average Bonchev–Trinajstić information content (AvgIpc) is 2.86. The quantitative estimate of drug-likeness (QED) is 0.817. The molecule has 3 heterocycles. The van der Waals surface area contributed by atoms with E-state index in [9.17, 15) is 9.90 Å². The second kappa shape index (κ2) is 5.32. The lowest BCUT2D eigenvalue weighted by Crippen LogP contribution is -2.41. The fourth-order valence-corrected chi connectivity index (χ4v) is 2.35. The molecule has 0 aliphatic carbocycles. The second-order valence-electron chi connectivity index (χ2n) is 5.15. The summed E-state index contributed by atoms with van der Waals surface area (Å²) in [5.74, 6) is 0. The van der Waals surface area contributed by atoms with Gasteiger partial charge in [0.25, 0.3) is 5.56 Å². The molecular formula is C14H17N3O3. The molecule has 1 aliphatic rings. The summed E-state index contributed by atoms with van der Waals surface area (Å²) < 4.78 is 6.68. The number of ether oxygens (including phenoxy) is 1. The third-order valence-electron chi connectivity index (χ3n) is 3.47. The van der Waals surface area contributed by atoms with Crippen LogP contribution in [0.2, 0.25) is 0 Å². The molecule has 0 amide bonds. The Morgan fingerprint density at radius 2 is 2.40 bits per heavy atom. The molecule has 0 saturated carbocycles. The number of hydrogen-bond donors (Lipinski definition) is 2. The zero-order chi connectivity index (χ0) is 14.0. The highest BCUT2D eigenvalue weighted by atomic mass is 16.5. The fourth-order valence-electron chi connectivity index (χ4n) is 2.35. The molecule has 2 aromatic rings. The highest BCUT2D eigenvalue weighted by molar-refractivity contribution is 5.37.